The molecule has 0 saturated carbocycles. The zero-order valence-corrected chi connectivity index (χ0v) is 21.6. The topological polar surface area (TPSA) is 99.3 Å². The van der Waals surface area contributed by atoms with Gasteiger partial charge in [-0.25, -0.2) is 9.97 Å². The van der Waals surface area contributed by atoms with Gasteiger partial charge in [0.2, 0.25) is 5.88 Å². The molecule has 0 spiro atoms. The Labute approximate surface area is 216 Å². The molecule has 0 unspecified atom stereocenters. The smallest absolute Gasteiger partial charge is 0.259 e. The molecule has 2 N–H and O–H groups in total. The first-order valence-electron chi connectivity index (χ1n) is 12.7. The highest BCUT2D eigenvalue weighted by molar-refractivity contribution is 5.94. The third-order valence-electron chi connectivity index (χ3n) is 6.91. The molecule has 1 aromatic carbocycles. The van der Waals surface area contributed by atoms with Gasteiger partial charge >= 0.3 is 0 Å². The molecule has 0 aliphatic carbocycles. The molecule has 3 aromatic heterocycles. The summed E-state index contributed by atoms with van der Waals surface area (Å²) in [4.78, 5) is 33.9. The molecular formula is C28H33N7O2. The van der Waals surface area contributed by atoms with Gasteiger partial charge in [-0.1, -0.05) is 12.1 Å². The average Bonchev–Trinajstić information content (AvgIpc) is 2.93. The quantitative estimate of drug-likeness (QED) is 0.379. The van der Waals surface area contributed by atoms with Crippen LogP contribution in [0.15, 0.2) is 59.8 Å². The molecule has 192 valence electrons. The van der Waals surface area contributed by atoms with Crippen molar-refractivity contribution < 1.29 is 4.74 Å². The van der Waals surface area contributed by atoms with E-state index >= 15 is 0 Å². The van der Waals surface area contributed by atoms with E-state index < -0.39 is 0 Å². The second-order valence-electron chi connectivity index (χ2n) is 9.62. The van der Waals surface area contributed by atoms with Crippen molar-refractivity contribution in [3.8, 4) is 17.3 Å². The van der Waals surface area contributed by atoms with E-state index in [1.807, 2.05) is 24.3 Å². The predicted octanol–water partition coefficient (Wildman–Crippen LogP) is 3.70. The number of anilines is 2. The van der Waals surface area contributed by atoms with E-state index in [9.17, 15) is 4.79 Å². The van der Waals surface area contributed by atoms with Crippen LogP contribution in [0.25, 0.3) is 22.2 Å². The largest absolute Gasteiger partial charge is 0.480 e. The average molecular weight is 500 g/mol. The van der Waals surface area contributed by atoms with Gasteiger partial charge < -0.3 is 19.9 Å². The third kappa shape index (κ3) is 5.79. The predicted molar refractivity (Wildman–Crippen MR) is 147 cm³/mol. The van der Waals surface area contributed by atoms with Gasteiger partial charge in [0.1, 0.15) is 11.5 Å². The van der Waals surface area contributed by atoms with Gasteiger partial charge in [0, 0.05) is 50.6 Å². The maximum Gasteiger partial charge on any atom is 0.259 e. The van der Waals surface area contributed by atoms with E-state index in [0.717, 1.165) is 50.2 Å². The lowest BCUT2D eigenvalue weighted by molar-refractivity contribution is 0.109. The number of nitrogens with zero attached hydrogens (tertiary/aromatic N) is 5. The highest BCUT2D eigenvalue weighted by atomic mass is 16.5. The molecule has 0 radical (unpaired) electrons. The van der Waals surface area contributed by atoms with E-state index in [1.54, 1.807) is 25.7 Å². The fraction of sp³-hybridized carbons (Fsp3) is 0.357. The van der Waals surface area contributed by atoms with E-state index in [2.05, 4.69) is 56.0 Å². The molecule has 1 fully saturated rings. The fourth-order valence-corrected chi connectivity index (χ4v) is 4.69. The van der Waals surface area contributed by atoms with E-state index in [4.69, 9.17) is 9.72 Å². The minimum atomic E-state index is -0.204. The molecule has 1 aliphatic heterocycles. The van der Waals surface area contributed by atoms with Crippen LogP contribution in [0.3, 0.4) is 0 Å². The normalized spacial score (nSPS) is 14.8. The third-order valence-corrected chi connectivity index (χ3v) is 6.91. The number of H-pyrrole nitrogens is 1. The zero-order valence-electron chi connectivity index (χ0n) is 21.6. The molecule has 37 heavy (non-hydrogen) atoms. The number of aromatic nitrogens is 4. The number of hydrogen-bond acceptors (Lipinski definition) is 8. The first kappa shape index (κ1) is 24.9. The van der Waals surface area contributed by atoms with Crippen LogP contribution < -0.4 is 15.6 Å². The first-order chi connectivity index (χ1) is 18.0. The Morgan fingerprint density at radius 1 is 1.03 bits per heavy atom. The van der Waals surface area contributed by atoms with Crippen molar-refractivity contribution in [1.29, 1.82) is 0 Å². The molecule has 0 atom stereocenters. The van der Waals surface area contributed by atoms with Crippen molar-refractivity contribution in [2.24, 2.45) is 0 Å². The minimum Gasteiger partial charge on any atom is -0.480 e. The number of hydrogen-bond donors (Lipinski definition) is 2. The molecule has 1 saturated heterocycles. The molecule has 4 aromatic rings. The van der Waals surface area contributed by atoms with Crippen molar-refractivity contribution in [1.82, 2.24) is 29.7 Å². The number of ether oxygens (including phenoxy) is 1. The second kappa shape index (κ2) is 11.1. The van der Waals surface area contributed by atoms with E-state index in [-0.39, 0.29) is 5.56 Å². The summed E-state index contributed by atoms with van der Waals surface area (Å²) < 4.78 is 5.22. The van der Waals surface area contributed by atoms with Gasteiger partial charge in [0.15, 0.2) is 0 Å². The monoisotopic (exact) mass is 499 g/mol. The summed E-state index contributed by atoms with van der Waals surface area (Å²) in [7, 11) is 1.55. The Morgan fingerprint density at radius 2 is 1.81 bits per heavy atom. The number of benzene rings is 1. The molecule has 1 aliphatic rings. The molecule has 9 nitrogen and oxygen atoms in total. The fourth-order valence-electron chi connectivity index (χ4n) is 4.69. The van der Waals surface area contributed by atoms with E-state index in [0.29, 0.717) is 34.5 Å². The molecule has 0 amide bonds. The first-order valence-corrected chi connectivity index (χ1v) is 12.7. The summed E-state index contributed by atoms with van der Waals surface area (Å²) in [5.41, 5.74) is 3.11. The van der Waals surface area contributed by atoms with Gasteiger partial charge in [-0.15, -0.1) is 0 Å². The zero-order chi connectivity index (χ0) is 25.8. The van der Waals surface area contributed by atoms with Crippen molar-refractivity contribution in [2.75, 3.05) is 45.2 Å². The van der Waals surface area contributed by atoms with Crippen LogP contribution in [0.2, 0.25) is 0 Å². The summed E-state index contributed by atoms with van der Waals surface area (Å²) in [5.74, 6) is 0.868. The molecule has 0 bridgehead atoms. The summed E-state index contributed by atoms with van der Waals surface area (Å²) in [6.45, 7) is 10.1. The highest BCUT2D eigenvalue weighted by Gasteiger charge is 2.18. The molecular weight excluding hydrogens is 466 g/mol. The van der Waals surface area contributed by atoms with Crippen LogP contribution in [0.1, 0.15) is 19.4 Å². The number of pyridine rings is 2. The summed E-state index contributed by atoms with van der Waals surface area (Å²) >= 11 is 0. The van der Waals surface area contributed by atoms with Crippen molar-refractivity contribution in [3.05, 3.63) is 70.9 Å². The Bertz CT molecular complexity index is 1410. The van der Waals surface area contributed by atoms with Crippen LogP contribution in [0.4, 0.5) is 11.5 Å². The van der Waals surface area contributed by atoms with Gasteiger partial charge in [-0.05, 0) is 55.5 Å². The Balaban J connectivity index is 1.33. The summed E-state index contributed by atoms with van der Waals surface area (Å²) in [6.07, 6.45) is 5.81. The summed E-state index contributed by atoms with van der Waals surface area (Å²) in [6, 6.07) is 12.7. The Hall–Kier alpha value is -3.82. The van der Waals surface area contributed by atoms with Gasteiger partial charge in [-0.2, -0.15) is 0 Å². The number of methoxy groups -OCH3 is 1. The van der Waals surface area contributed by atoms with Gasteiger partial charge in [0.25, 0.3) is 5.56 Å². The highest BCUT2D eigenvalue weighted by Crippen LogP contribution is 2.27. The lowest BCUT2D eigenvalue weighted by atomic mass is 10.1. The maximum atomic E-state index is 12.7. The lowest BCUT2D eigenvalue weighted by Crippen LogP contribution is -2.49. The van der Waals surface area contributed by atoms with Crippen LogP contribution in [0, 0.1) is 0 Å². The van der Waals surface area contributed by atoms with Crippen LogP contribution in [-0.4, -0.2) is 75.6 Å². The number of piperazine rings is 1. The molecule has 9 heteroatoms. The van der Waals surface area contributed by atoms with E-state index in [1.165, 1.54) is 5.56 Å². The lowest BCUT2D eigenvalue weighted by Gasteiger charge is -2.36. The van der Waals surface area contributed by atoms with Gasteiger partial charge in [0.05, 0.1) is 30.6 Å². The van der Waals surface area contributed by atoms with Crippen molar-refractivity contribution in [3.63, 3.8) is 0 Å². The number of rotatable bonds is 8. The SMILES string of the molecule is COc1cncc(-c2cc3cc[nH]c(=O)c3c(Nc3ccc(CCN4CCN(C(C)C)CC4)cc3)n2)n1. The van der Waals surface area contributed by atoms with Crippen LogP contribution >= 0.6 is 0 Å². The van der Waals surface area contributed by atoms with Crippen molar-refractivity contribution >= 4 is 22.3 Å². The summed E-state index contributed by atoms with van der Waals surface area (Å²) in [5, 5.41) is 4.60. The van der Waals surface area contributed by atoms with Crippen molar-refractivity contribution in [2.45, 2.75) is 26.3 Å². The Morgan fingerprint density at radius 3 is 2.54 bits per heavy atom. The molecule has 5 rings (SSSR count). The Kier molecular flexibility index (Phi) is 7.43. The number of aromatic amines is 1. The number of nitrogens with one attached hydrogen (secondary N) is 2. The maximum absolute atomic E-state index is 12.7. The van der Waals surface area contributed by atoms with Gasteiger partial charge in [-0.3, -0.25) is 14.7 Å². The second-order valence-corrected chi connectivity index (χ2v) is 9.62. The number of fused-ring (bicyclic) bond motifs is 1. The standard InChI is InChI=1S/C28H33N7O2/c1-19(2)35-14-12-34(13-15-35)11-9-20-4-6-22(7-5-20)31-27-26-21(8-10-30-28(26)36)16-23(33-27)24-17-29-18-25(32-24)37-3/h4-8,10,16-19H,9,11-15H2,1-3H3,(H,30,36)(H,31,33). The molecule has 4 heterocycles. The van der Waals surface area contributed by atoms with Crippen LogP contribution in [0.5, 0.6) is 5.88 Å². The van der Waals surface area contributed by atoms with Crippen LogP contribution in [-0.2, 0) is 6.42 Å². The minimum absolute atomic E-state index is 0.204.